The lowest BCUT2D eigenvalue weighted by Crippen LogP contribution is -2.17. The average Bonchev–Trinajstić information content (AvgIpc) is 2.77. The first-order chi connectivity index (χ1) is 9.33. The van der Waals surface area contributed by atoms with Crippen LogP contribution in [-0.4, -0.2) is 17.3 Å². The largest absolute Gasteiger partial charge is 0.573 e. The number of rotatable bonds is 3. The van der Waals surface area contributed by atoms with Gasteiger partial charge in [0.15, 0.2) is 0 Å². The van der Waals surface area contributed by atoms with Gasteiger partial charge in [-0.2, -0.15) is 0 Å². The SMILES string of the molecule is Nc1c[nH]c(C(=O)Nc2ccc(OC(F)(F)F)cc2)c1. The fourth-order valence-corrected chi connectivity index (χ4v) is 1.48. The zero-order valence-electron chi connectivity index (χ0n) is 9.99. The van der Waals surface area contributed by atoms with Crippen LogP contribution in [0.3, 0.4) is 0 Å². The Morgan fingerprint density at radius 2 is 1.90 bits per heavy atom. The summed E-state index contributed by atoms with van der Waals surface area (Å²) in [6.45, 7) is 0. The molecule has 0 spiro atoms. The maximum absolute atomic E-state index is 12.0. The monoisotopic (exact) mass is 285 g/mol. The van der Waals surface area contributed by atoms with E-state index in [4.69, 9.17) is 5.73 Å². The van der Waals surface area contributed by atoms with Crippen molar-refractivity contribution in [3.63, 3.8) is 0 Å². The molecule has 4 N–H and O–H groups in total. The number of anilines is 2. The van der Waals surface area contributed by atoms with E-state index in [-0.39, 0.29) is 11.4 Å². The number of aromatic nitrogens is 1. The van der Waals surface area contributed by atoms with Gasteiger partial charge in [0.25, 0.3) is 5.91 Å². The molecule has 0 bridgehead atoms. The molecule has 0 unspecified atom stereocenters. The maximum Gasteiger partial charge on any atom is 0.573 e. The topological polar surface area (TPSA) is 80.1 Å². The third-order valence-corrected chi connectivity index (χ3v) is 2.30. The zero-order valence-corrected chi connectivity index (χ0v) is 9.99. The highest BCUT2D eigenvalue weighted by molar-refractivity contribution is 6.03. The molecule has 0 atom stereocenters. The van der Waals surface area contributed by atoms with Crippen LogP contribution < -0.4 is 15.8 Å². The third-order valence-electron chi connectivity index (χ3n) is 2.30. The van der Waals surface area contributed by atoms with Crippen molar-refractivity contribution in [3.05, 3.63) is 42.2 Å². The number of carbonyl (C=O) groups excluding carboxylic acids is 1. The number of aromatic amines is 1. The molecule has 1 heterocycles. The minimum absolute atomic E-state index is 0.248. The van der Waals surface area contributed by atoms with Crippen molar-refractivity contribution in [1.82, 2.24) is 4.98 Å². The van der Waals surface area contributed by atoms with Crippen LogP contribution in [0.2, 0.25) is 0 Å². The molecule has 0 saturated heterocycles. The summed E-state index contributed by atoms with van der Waals surface area (Å²) in [4.78, 5) is 14.4. The molecule has 0 aliphatic carbocycles. The number of ether oxygens (including phenoxy) is 1. The van der Waals surface area contributed by atoms with Crippen molar-refractivity contribution < 1.29 is 22.7 Å². The molecule has 1 aromatic heterocycles. The minimum atomic E-state index is -4.74. The van der Waals surface area contributed by atoms with Gasteiger partial charge in [0.05, 0.1) is 0 Å². The molecule has 8 heteroatoms. The summed E-state index contributed by atoms with van der Waals surface area (Å²) in [6.07, 6.45) is -3.29. The average molecular weight is 285 g/mol. The second kappa shape index (κ2) is 5.16. The Morgan fingerprint density at radius 3 is 2.40 bits per heavy atom. The summed E-state index contributed by atoms with van der Waals surface area (Å²) >= 11 is 0. The van der Waals surface area contributed by atoms with Crippen molar-refractivity contribution in [1.29, 1.82) is 0 Å². The number of H-pyrrole nitrogens is 1. The lowest BCUT2D eigenvalue weighted by molar-refractivity contribution is -0.274. The number of alkyl halides is 3. The van der Waals surface area contributed by atoms with Crippen LogP contribution in [0.4, 0.5) is 24.5 Å². The van der Waals surface area contributed by atoms with Crippen LogP contribution in [0.1, 0.15) is 10.5 Å². The van der Waals surface area contributed by atoms with Crippen LogP contribution >= 0.6 is 0 Å². The molecule has 0 aliphatic heterocycles. The van der Waals surface area contributed by atoms with Gasteiger partial charge in [0.1, 0.15) is 11.4 Å². The number of hydrogen-bond acceptors (Lipinski definition) is 3. The summed E-state index contributed by atoms with van der Waals surface area (Å²) in [6, 6.07) is 6.24. The Bertz CT molecular complexity index is 605. The molecule has 2 aromatic rings. The Morgan fingerprint density at radius 1 is 1.25 bits per heavy atom. The minimum Gasteiger partial charge on any atom is -0.406 e. The summed E-state index contributed by atoms with van der Waals surface area (Å²) in [7, 11) is 0. The molecule has 0 fully saturated rings. The van der Waals surface area contributed by atoms with Crippen molar-refractivity contribution in [2.24, 2.45) is 0 Å². The first-order valence-corrected chi connectivity index (χ1v) is 5.44. The highest BCUT2D eigenvalue weighted by Gasteiger charge is 2.30. The van der Waals surface area contributed by atoms with E-state index in [0.29, 0.717) is 11.4 Å². The van der Waals surface area contributed by atoms with Gasteiger partial charge in [-0.1, -0.05) is 0 Å². The molecule has 20 heavy (non-hydrogen) atoms. The zero-order chi connectivity index (χ0) is 14.8. The first kappa shape index (κ1) is 13.8. The van der Waals surface area contributed by atoms with Crippen LogP contribution in [0.25, 0.3) is 0 Å². The van der Waals surface area contributed by atoms with Crippen LogP contribution in [0.5, 0.6) is 5.75 Å². The predicted molar refractivity (Wildman–Crippen MR) is 66.3 cm³/mol. The van der Waals surface area contributed by atoms with Crippen LogP contribution in [-0.2, 0) is 0 Å². The number of benzene rings is 1. The maximum atomic E-state index is 12.0. The lowest BCUT2D eigenvalue weighted by Gasteiger charge is -2.09. The number of amides is 1. The number of carbonyl (C=O) groups is 1. The number of nitrogen functional groups attached to an aromatic ring is 1. The standard InChI is InChI=1S/C12H10F3N3O2/c13-12(14,15)20-9-3-1-8(2-4-9)18-11(19)10-5-7(16)6-17-10/h1-6,17H,16H2,(H,18,19). The quantitative estimate of drug-likeness (QED) is 0.811. The van der Waals surface area contributed by atoms with E-state index in [2.05, 4.69) is 15.0 Å². The fraction of sp³-hybridized carbons (Fsp3) is 0.0833. The number of nitrogens with one attached hydrogen (secondary N) is 2. The Balaban J connectivity index is 2.02. The molecule has 0 saturated carbocycles. The molecule has 106 valence electrons. The van der Waals surface area contributed by atoms with Crippen molar-refractivity contribution in [2.45, 2.75) is 6.36 Å². The second-order valence-electron chi connectivity index (χ2n) is 3.87. The summed E-state index contributed by atoms with van der Waals surface area (Å²) in [5.74, 6) is -0.814. The Hall–Kier alpha value is -2.64. The summed E-state index contributed by atoms with van der Waals surface area (Å²) < 4.78 is 39.6. The van der Waals surface area contributed by atoms with E-state index in [1.807, 2.05) is 0 Å². The molecule has 0 radical (unpaired) electrons. The van der Waals surface area contributed by atoms with Crippen LogP contribution in [0, 0.1) is 0 Å². The number of nitrogens with two attached hydrogens (primary N) is 1. The molecule has 0 aliphatic rings. The number of hydrogen-bond donors (Lipinski definition) is 3. The summed E-state index contributed by atoms with van der Waals surface area (Å²) in [5, 5.41) is 2.50. The normalized spacial score (nSPS) is 11.2. The lowest BCUT2D eigenvalue weighted by atomic mass is 10.3. The van der Waals surface area contributed by atoms with Gasteiger partial charge < -0.3 is 20.8 Å². The van der Waals surface area contributed by atoms with E-state index >= 15 is 0 Å². The second-order valence-corrected chi connectivity index (χ2v) is 3.87. The van der Waals surface area contributed by atoms with Gasteiger partial charge in [-0.15, -0.1) is 13.2 Å². The molecular formula is C12H10F3N3O2. The molecule has 5 nitrogen and oxygen atoms in total. The smallest absolute Gasteiger partial charge is 0.406 e. The Labute approximate surface area is 111 Å². The van der Waals surface area contributed by atoms with E-state index < -0.39 is 12.3 Å². The van der Waals surface area contributed by atoms with Crippen molar-refractivity contribution >= 4 is 17.3 Å². The molecular weight excluding hydrogens is 275 g/mol. The van der Waals surface area contributed by atoms with Gasteiger partial charge in [-0.25, -0.2) is 0 Å². The van der Waals surface area contributed by atoms with E-state index in [0.717, 1.165) is 12.1 Å². The van der Waals surface area contributed by atoms with Gasteiger partial charge in [-0.05, 0) is 30.3 Å². The first-order valence-electron chi connectivity index (χ1n) is 5.44. The highest BCUT2D eigenvalue weighted by atomic mass is 19.4. The van der Waals surface area contributed by atoms with Crippen molar-refractivity contribution in [2.75, 3.05) is 11.1 Å². The fourth-order valence-electron chi connectivity index (χ4n) is 1.48. The third kappa shape index (κ3) is 3.67. The Kier molecular flexibility index (Phi) is 3.55. The van der Waals surface area contributed by atoms with E-state index in [1.165, 1.54) is 24.4 Å². The van der Waals surface area contributed by atoms with Gasteiger partial charge in [0, 0.05) is 17.6 Å². The predicted octanol–water partition coefficient (Wildman–Crippen LogP) is 2.75. The van der Waals surface area contributed by atoms with Gasteiger partial charge in [-0.3, -0.25) is 4.79 Å². The van der Waals surface area contributed by atoms with Gasteiger partial charge >= 0.3 is 6.36 Å². The van der Waals surface area contributed by atoms with Crippen LogP contribution in [0.15, 0.2) is 36.5 Å². The highest BCUT2D eigenvalue weighted by Crippen LogP contribution is 2.24. The van der Waals surface area contributed by atoms with E-state index in [1.54, 1.807) is 0 Å². The van der Waals surface area contributed by atoms with Gasteiger partial charge in [0.2, 0.25) is 0 Å². The summed E-state index contributed by atoms with van der Waals surface area (Å²) in [5.41, 5.74) is 6.44. The van der Waals surface area contributed by atoms with Crippen molar-refractivity contribution in [3.8, 4) is 5.75 Å². The van der Waals surface area contributed by atoms with E-state index in [9.17, 15) is 18.0 Å². The molecule has 1 aromatic carbocycles. The molecule has 2 rings (SSSR count). The number of halogens is 3. The molecule has 1 amide bonds.